The van der Waals surface area contributed by atoms with Gasteiger partial charge < -0.3 is 10.8 Å². The molecule has 0 saturated heterocycles. The molecule has 0 saturated carbocycles. The van der Waals surface area contributed by atoms with E-state index in [1.807, 2.05) is 24.5 Å². The van der Waals surface area contributed by atoms with Crippen molar-refractivity contribution in [3.8, 4) is 5.06 Å². The molecule has 3 N–H and O–H groups in total. The summed E-state index contributed by atoms with van der Waals surface area (Å²) in [6, 6.07) is 6.00. The second-order valence-electron chi connectivity index (χ2n) is 2.68. The van der Waals surface area contributed by atoms with Gasteiger partial charge >= 0.3 is 0 Å². The van der Waals surface area contributed by atoms with Crippen molar-refractivity contribution < 1.29 is 5.11 Å². The summed E-state index contributed by atoms with van der Waals surface area (Å²) < 4.78 is 1.04. The number of benzene rings is 1. The number of nitrogens with two attached hydrogens (primary N) is 1. The number of aromatic hydroxyl groups is 1. The van der Waals surface area contributed by atoms with Crippen molar-refractivity contribution >= 4 is 38.9 Å². The largest absolute Gasteiger partial charge is 0.498 e. The number of rotatable bonds is 1. The Balaban J connectivity index is 2.73. The van der Waals surface area contributed by atoms with E-state index in [0.717, 1.165) is 10.1 Å². The molecule has 0 aliphatic rings. The van der Waals surface area contributed by atoms with Crippen LogP contribution in [0.1, 0.15) is 0 Å². The van der Waals surface area contributed by atoms with Gasteiger partial charge in [0, 0.05) is 15.0 Å². The monoisotopic (exact) mass is 211 g/mol. The summed E-state index contributed by atoms with van der Waals surface area (Å²) in [5.74, 6) is 0. The number of hydrogen-bond acceptors (Lipinski definition) is 4. The topological polar surface area (TPSA) is 46.2 Å². The molecule has 68 valence electrons. The second-order valence-corrected chi connectivity index (χ2v) is 4.59. The average Bonchev–Trinajstić information content (AvgIpc) is 2.42. The summed E-state index contributed by atoms with van der Waals surface area (Å²) in [6.07, 6.45) is 2.03. The van der Waals surface area contributed by atoms with Gasteiger partial charge in [0.15, 0.2) is 5.06 Å². The van der Waals surface area contributed by atoms with E-state index in [2.05, 4.69) is 0 Å². The van der Waals surface area contributed by atoms with Crippen molar-refractivity contribution in [1.82, 2.24) is 0 Å². The molecule has 2 aromatic rings. The minimum Gasteiger partial charge on any atom is -0.498 e. The van der Waals surface area contributed by atoms with Crippen molar-refractivity contribution in [1.29, 1.82) is 0 Å². The first kappa shape index (κ1) is 8.72. The van der Waals surface area contributed by atoms with Crippen molar-refractivity contribution in [2.45, 2.75) is 4.90 Å². The second kappa shape index (κ2) is 3.12. The van der Waals surface area contributed by atoms with Crippen LogP contribution in [-0.4, -0.2) is 11.4 Å². The van der Waals surface area contributed by atoms with E-state index in [1.165, 1.54) is 16.2 Å². The van der Waals surface area contributed by atoms with Crippen LogP contribution in [0.25, 0.3) is 10.1 Å². The number of fused-ring (bicyclic) bond motifs is 1. The molecular weight excluding hydrogens is 202 g/mol. The van der Waals surface area contributed by atoms with Gasteiger partial charge in [-0.2, -0.15) is 0 Å². The van der Waals surface area contributed by atoms with Gasteiger partial charge in [-0.1, -0.05) is 17.4 Å². The molecule has 0 spiro atoms. The lowest BCUT2D eigenvalue weighted by atomic mass is 10.2. The third-order valence-electron chi connectivity index (χ3n) is 1.92. The molecule has 1 aromatic heterocycles. The Hall–Kier alpha value is -0.870. The van der Waals surface area contributed by atoms with Crippen molar-refractivity contribution in [2.75, 3.05) is 12.0 Å². The maximum absolute atomic E-state index is 9.39. The lowest BCUT2D eigenvalue weighted by Crippen LogP contribution is -1.80. The maximum atomic E-state index is 9.39. The van der Waals surface area contributed by atoms with Gasteiger partial charge in [-0.05, 0) is 18.4 Å². The van der Waals surface area contributed by atoms with Gasteiger partial charge in [0.1, 0.15) is 0 Å². The fourth-order valence-electron chi connectivity index (χ4n) is 1.21. The van der Waals surface area contributed by atoms with Crippen LogP contribution in [-0.2, 0) is 0 Å². The zero-order valence-electron chi connectivity index (χ0n) is 7.07. The van der Waals surface area contributed by atoms with Gasteiger partial charge in [-0.3, -0.25) is 0 Å². The van der Waals surface area contributed by atoms with Crippen LogP contribution in [0.2, 0.25) is 0 Å². The molecule has 1 heterocycles. The first-order valence-corrected chi connectivity index (χ1v) is 5.81. The number of hydrogen-bond donors (Lipinski definition) is 2. The summed E-state index contributed by atoms with van der Waals surface area (Å²) in [7, 11) is 0. The molecule has 1 aromatic carbocycles. The zero-order valence-corrected chi connectivity index (χ0v) is 8.71. The normalized spacial score (nSPS) is 10.8. The molecule has 0 atom stereocenters. The summed E-state index contributed by atoms with van der Waals surface area (Å²) in [5.41, 5.74) is 6.18. The highest BCUT2D eigenvalue weighted by Gasteiger charge is 2.07. The summed E-state index contributed by atoms with van der Waals surface area (Å²) in [6.45, 7) is 0. The van der Waals surface area contributed by atoms with Crippen molar-refractivity contribution in [3.63, 3.8) is 0 Å². The molecular formula is C9H9NOS2. The van der Waals surface area contributed by atoms with Crippen molar-refractivity contribution in [3.05, 3.63) is 18.2 Å². The highest BCUT2D eigenvalue weighted by atomic mass is 32.2. The molecule has 0 amide bonds. The third kappa shape index (κ3) is 1.36. The molecule has 0 radical (unpaired) electrons. The lowest BCUT2D eigenvalue weighted by molar-refractivity contribution is 0.493. The van der Waals surface area contributed by atoms with Gasteiger partial charge in [-0.25, -0.2) is 0 Å². The zero-order chi connectivity index (χ0) is 9.42. The Morgan fingerprint density at radius 3 is 2.92 bits per heavy atom. The molecule has 0 bridgehead atoms. The van der Waals surface area contributed by atoms with Gasteiger partial charge in [0.25, 0.3) is 0 Å². The smallest absolute Gasteiger partial charge is 0.196 e. The highest BCUT2D eigenvalue weighted by Crippen LogP contribution is 2.40. The summed E-state index contributed by atoms with van der Waals surface area (Å²) in [5, 5.41) is 10.6. The number of thiophene rings is 1. The van der Waals surface area contributed by atoms with E-state index in [1.54, 1.807) is 11.8 Å². The van der Waals surface area contributed by atoms with E-state index in [0.29, 0.717) is 5.69 Å². The molecule has 0 unspecified atom stereocenters. The minimum atomic E-state index is 0.216. The summed E-state index contributed by atoms with van der Waals surface area (Å²) >= 11 is 3.01. The Bertz CT molecular complexity index is 450. The lowest BCUT2D eigenvalue weighted by Gasteiger charge is -1.95. The SMILES string of the molecule is CSc1ccc2c(N)c(O)sc2c1. The number of anilines is 1. The van der Waals surface area contributed by atoms with Crippen LogP contribution < -0.4 is 5.73 Å². The predicted octanol–water partition coefficient (Wildman–Crippen LogP) is 2.91. The number of thioether (sulfide) groups is 1. The molecule has 0 fully saturated rings. The van der Waals surface area contributed by atoms with Gasteiger partial charge in [0.05, 0.1) is 5.69 Å². The van der Waals surface area contributed by atoms with Crippen LogP contribution >= 0.6 is 23.1 Å². The number of nitrogen functional groups attached to an aromatic ring is 1. The highest BCUT2D eigenvalue weighted by molar-refractivity contribution is 7.98. The van der Waals surface area contributed by atoms with Gasteiger partial charge in [0.2, 0.25) is 0 Å². The van der Waals surface area contributed by atoms with Gasteiger partial charge in [-0.15, -0.1) is 11.8 Å². The van der Waals surface area contributed by atoms with Crippen LogP contribution in [0.15, 0.2) is 23.1 Å². The standard InChI is InChI=1S/C9H9NOS2/c1-12-5-2-3-6-7(4-5)13-9(11)8(6)10/h2-4,11H,10H2,1H3. The van der Waals surface area contributed by atoms with E-state index in [4.69, 9.17) is 5.73 Å². The van der Waals surface area contributed by atoms with Crippen molar-refractivity contribution in [2.24, 2.45) is 0 Å². The first-order valence-electron chi connectivity index (χ1n) is 3.77. The Labute approximate surface area is 84.4 Å². The fraction of sp³-hybridized carbons (Fsp3) is 0.111. The Morgan fingerprint density at radius 1 is 1.46 bits per heavy atom. The minimum absolute atomic E-state index is 0.216. The van der Waals surface area contributed by atoms with Crippen LogP contribution in [0, 0.1) is 0 Å². The maximum Gasteiger partial charge on any atom is 0.196 e. The van der Waals surface area contributed by atoms with E-state index >= 15 is 0 Å². The average molecular weight is 211 g/mol. The van der Waals surface area contributed by atoms with E-state index < -0.39 is 0 Å². The summed E-state index contributed by atoms with van der Waals surface area (Å²) in [4.78, 5) is 1.19. The molecule has 0 aliphatic heterocycles. The quantitative estimate of drug-likeness (QED) is 0.713. The predicted molar refractivity (Wildman–Crippen MR) is 59.7 cm³/mol. The first-order chi connectivity index (χ1) is 6.22. The van der Waals surface area contributed by atoms with E-state index in [9.17, 15) is 5.11 Å². The molecule has 2 rings (SSSR count). The Morgan fingerprint density at radius 2 is 2.23 bits per heavy atom. The molecule has 0 aliphatic carbocycles. The third-order valence-corrected chi connectivity index (χ3v) is 3.61. The fourth-order valence-corrected chi connectivity index (χ4v) is 2.63. The van der Waals surface area contributed by atoms with Crippen LogP contribution in [0.5, 0.6) is 5.06 Å². The molecule has 2 nitrogen and oxygen atoms in total. The van der Waals surface area contributed by atoms with Crippen LogP contribution in [0.4, 0.5) is 5.69 Å². The van der Waals surface area contributed by atoms with E-state index in [-0.39, 0.29) is 5.06 Å². The Kier molecular flexibility index (Phi) is 2.09. The molecule has 4 heteroatoms. The molecule has 13 heavy (non-hydrogen) atoms. The van der Waals surface area contributed by atoms with Crippen LogP contribution in [0.3, 0.4) is 0 Å².